The van der Waals surface area contributed by atoms with Gasteiger partial charge in [-0.05, 0) is 79.9 Å². The van der Waals surface area contributed by atoms with E-state index in [2.05, 4.69) is 4.74 Å². The highest BCUT2D eigenvalue weighted by atomic mass is 127. The first-order chi connectivity index (χ1) is 13.8. The maximum atomic E-state index is 13.1. The zero-order valence-corrected chi connectivity index (χ0v) is 21.8. The number of esters is 2. The highest BCUT2D eigenvalue weighted by Gasteiger charge is 2.75. The zero-order valence-electron chi connectivity index (χ0n) is 14.5. The van der Waals surface area contributed by atoms with Crippen LogP contribution in [0, 0.1) is 10.7 Å². The second-order valence-corrected chi connectivity index (χ2v) is 10.7. The zero-order chi connectivity index (χ0) is 24.4. The second kappa shape index (κ2) is 10.4. The molecule has 0 unspecified atom stereocenters. The maximum Gasteiger partial charge on any atom is 0.438 e. The molecule has 0 radical (unpaired) electrons. The fraction of sp³-hybridized carbons (Fsp3) is 0.429. The third kappa shape index (κ3) is 7.98. The molecule has 0 fully saturated rings. The fourth-order valence-electron chi connectivity index (χ4n) is 1.97. The SMILES string of the molecule is O=C(CCC(=O)OC(CS(=O)(=O)O)(C(F)(F)F)C(F)(F)F)Oc1c(I)cc(I)cc1I. The monoisotopic (exact) mass is 816 g/mol. The number of halogens is 9. The first-order valence-corrected chi connectivity index (χ1v) is 12.3. The number of carbonyl (C=O) groups is 2. The van der Waals surface area contributed by atoms with Crippen molar-refractivity contribution in [3.8, 4) is 5.75 Å². The third-order valence-corrected chi connectivity index (χ3v) is 6.30. The van der Waals surface area contributed by atoms with Gasteiger partial charge in [0.15, 0.2) is 5.75 Å². The Hall–Kier alpha value is -0.160. The largest absolute Gasteiger partial charge is 0.438 e. The van der Waals surface area contributed by atoms with Gasteiger partial charge in [-0.15, -0.1) is 0 Å². The molecular formula is C14H9F6I3O7S. The van der Waals surface area contributed by atoms with Crippen LogP contribution in [0.3, 0.4) is 0 Å². The molecule has 17 heteroatoms. The van der Waals surface area contributed by atoms with Crippen LogP contribution in [-0.4, -0.2) is 48.6 Å². The summed E-state index contributed by atoms with van der Waals surface area (Å²) >= 11 is 5.64. The van der Waals surface area contributed by atoms with Crippen LogP contribution in [0.25, 0.3) is 0 Å². The van der Waals surface area contributed by atoms with Crippen LogP contribution in [0.5, 0.6) is 5.75 Å². The second-order valence-electron chi connectivity index (χ2n) is 5.70. The van der Waals surface area contributed by atoms with E-state index >= 15 is 0 Å². The van der Waals surface area contributed by atoms with E-state index in [1.807, 2.05) is 67.8 Å². The van der Waals surface area contributed by atoms with Gasteiger partial charge in [0.05, 0.1) is 20.0 Å². The summed E-state index contributed by atoms with van der Waals surface area (Å²) in [6.07, 6.45) is -15.1. The van der Waals surface area contributed by atoms with Crippen LogP contribution in [0.15, 0.2) is 12.1 Å². The number of rotatable bonds is 7. The predicted octanol–water partition coefficient (Wildman–Crippen LogP) is 4.48. The molecular weight excluding hydrogens is 807 g/mol. The van der Waals surface area contributed by atoms with Crippen LogP contribution in [0.2, 0.25) is 0 Å². The van der Waals surface area contributed by atoms with Gasteiger partial charge in [-0.3, -0.25) is 14.1 Å². The lowest BCUT2D eigenvalue weighted by molar-refractivity contribution is -0.361. The number of benzene rings is 1. The van der Waals surface area contributed by atoms with Crippen molar-refractivity contribution in [1.82, 2.24) is 0 Å². The van der Waals surface area contributed by atoms with Crippen molar-refractivity contribution < 1.29 is 58.4 Å². The van der Waals surface area contributed by atoms with Gasteiger partial charge in [-0.2, -0.15) is 34.8 Å². The van der Waals surface area contributed by atoms with Gasteiger partial charge in [-0.1, -0.05) is 0 Å². The van der Waals surface area contributed by atoms with Gasteiger partial charge in [0, 0.05) is 3.57 Å². The number of carbonyl (C=O) groups excluding carboxylic acids is 2. The maximum absolute atomic E-state index is 13.1. The summed E-state index contributed by atoms with van der Waals surface area (Å²) in [7, 11) is -5.89. The lowest BCUT2D eigenvalue weighted by Crippen LogP contribution is -2.63. The van der Waals surface area contributed by atoms with Gasteiger partial charge >= 0.3 is 29.9 Å². The van der Waals surface area contributed by atoms with Crippen molar-refractivity contribution in [2.24, 2.45) is 0 Å². The van der Waals surface area contributed by atoms with E-state index in [1.54, 1.807) is 12.1 Å². The van der Waals surface area contributed by atoms with E-state index in [4.69, 9.17) is 9.29 Å². The molecule has 1 rings (SSSR count). The van der Waals surface area contributed by atoms with Gasteiger partial charge in [-0.25, -0.2) is 0 Å². The molecule has 0 aliphatic rings. The van der Waals surface area contributed by atoms with E-state index in [1.165, 1.54) is 0 Å². The van der Waals surface area contributed by atoms with Crippen molar-refractivity contribution in [3.63, 3.8) is 0 Å². The third-order valence-electron chi connectivity index (χ3n) is 3.30. The molecule has 31 heavy (non-hydrogen) atoms. The topological polar surface area (TPSA) is 107 Å². The minimum atomic E-state index is -6.44. The standard InChI is InChI=1S/C14H9F6I3O7S/c15-13(16,17)12(14(18,19)20,5-31(26,27)28)30-10(25)2-1-9(24)29-11-7(22)3-6(21)4-8(11)23/h3-4H,1-2,5H2,(H,26,27,28). The van der Waals surface area contributed by atoms with E-state index in [-0.39, 0.29) is 5.75 Å². The average molecular weight is 816 g/mol. The minimum absolute atomic E-state index is 0.0753. The summed E-state index contributed by atoms with van der Waals surface area (Å²) in [5.41, 5.74) is -5.52. The van der Waals surface area contributed by atoms with E-state index in [0.29, 0.717) is 7.14 Å². The van der Waals surface area contributed by atoms with Crippen LogP contribution in [-0.2, 0) is 24.4 Å². The molecule has 0 spiro atoms. The molecule has 0 saturated heterocycles. The minimum Gasteiger partial charge on any atom is -0.438 e. The molecule has 7 nitrogen and oxygen atoms in total. The summed E-state index contributed by atoms with van der Waals surface area (Å²) in [5, 5.41) is 0. The lowest BCUT2D eigenvalue weighted by atomic mass is 10.1. The summed E-state index contributed by atoms with van der Waals surface area (Å²) in [6, 6.07) is 3.24. The number of hydrogen-bond donors (Lipinski definition) is 1. The van der Waals surface area contributed by atoms with Crippen molar-refractivity contribution in [2.45, 2.75) is 30.8 Å². The molecule has 0 aliphatic heterocycles. The van der Waals surface area contributed by atoms with Crippen LogP contribution in [0.1, 0.15) is 12.8 Å². The summed E-state index contributed by atoms with van der Waals surface area (Å²) in [5.74, 6) is -6.26. The molecule has 0 heterocycles. The van der Waals surface area contributed by atoms with E-state index in [9.17, 15) is 44.3 Å². The Balaban J connectivity index is 3.00. The Bertz CT molecular complexity index is 925. The normalized spacial score (nSPS) is 13.1. The number of ether oxygens (including phenoxy) is 2. The quantitative estimate of drug-likeness (QED) is 0.142. The highest BCUT2D eigenvalue weighted by molar-refractivity contribution is 14.1. The van der Waals surface area contributed by atoms with Crippen LogP contribution in [0.4, 0.5) is 26.3 Å². The van der Waals surface area contributed by atoms with Crippen molar-refractivity contribution in [2.75, 3.05) is 5.75 Å². The van der Waals surface area contributed by atoms with E-state index < -0.39 is 58.6 Å². The summed E-state index contributed by atoms with van der Waals surface area (Å²) in [6.45, 7) is 0. The van der Waals surface area contributed by atoms with Crippen molar-refractivity contribution in [3.05, 3.63) is 22.8 Å². The molecule has 1 N–H and O–H groups in total. The summed E-state index contributed by atoms with van der Waals surface area (Å²) in [4.78, 5) is 23.5. The molecule has 0 saturated carbocycles. The molecule has 0 aliphatic carbocycles. The van der Waals surface area contributed by atoms with Gasteiger partial charge in [0.2, 0.25) is 0 Å². The molecule has 0 atom stereocenters. The molecule has 1 aromatic rings. The Kier molecular flexibility index (Phi) is 9.69. The Morgan fingerprint density at radius 2 is 1.32 bits per heavy atom. The number of alkyl halides is 6. The fourth-order valence-corrected chi connectivity index (χ4v) is 6.67. The highest BCUT2D eigenvalue weighted by Crippen LogP contribution is 2.47. The van der Waals surface area contributed by atoms with Crippen LogP contribution >= 0.6 is 67.8 Å². The van der Waals surface area contributed by atoms with E-state index in [0.717, 1.165) is 3.57 Å². The predicted molar refractivity (Wildman–Crippen MR) is 117 cm³/mol. The Labute approximate surface area is 211 Å². The average Bonchev–Trinajstić information content (AvgIpc) is 2.52. The van der Waals surface area contributed by atoms with Crippen LogP contribution < -0.4 is 4.74 Å². The van der Waals surface area contributed by atoms with Gasteiger partial charge < -0.3 is 9.47 Å². The Morgan fingerprint density at radius 1 is 0.903 bits per heavy atom. The molecule has 0 bridgehead atoms. The molecule has 176 valence electrons. The van der Waals surface area contributed by atoms with Crippen molar-refractivity contribution in [1.29, 1.82) is 0 Å². The molecule has 0 aromatic heterocycles. The van der Waals surface area contributed by atoms with Crippen molar-refractivity contribution >= 4 is 89.8 Å². The first kappa shape index (κ1) is 28.9. The molecule has 1 aromatic carbocycles. The van der Waals surface area contributed by atoms with Gasteiger partial charge in [0.25, 0.3) is 10.1 Å². The lowest BCUT2D eigenvalue weighted by Gasteiger charge is -2.35. The first-order valence-electron chi connectivity index (χ1n) is 7.45. The number of hydrogen-bond acceptors (Lipinski definition) is 6. The molecule has 0 amide bonds. The Morgan fingerprint density at radius 3 is 1.71 bits per heavy atom. The smallest absolute Gasteiger partial charge is 0.438 e. The van der Waals surface area contributed by atoms with Gasteiger partial charge in [0.1, 0.15) is 5.75 Å². The summed E-state index contributed by atoms with van der Waals surface area (Å²) < 4.78 is 119.